The van der Waals surface area contributed by atoms with Gasteiger partial charge in [-0.25, -0.2) is 4.39 Å². The van der Waals surface area contributed by atoms with Gasteiger partial charge >= 0.3 is 0 Å². The summed E-state index contributed by atoms with van der Waals surface area (Å²) in [6.07, 6.45) is 2.16. The van der Waals surface area contributed by atoms with Crippen molar-refractivity contribution < 1.29 is 9.13 Å². The maximum Gasteiger partial charge on any atom is 0.132 e. The molecule has 0 unspecified atom stereocenters. The first-order valence-corrected chi connectivity index (χ1v) is 10.3. The molecular weight excluding hydrogens is 363 g/mol. The van der Waals surface area contributed by atoms with E-state index in [1.54, 1.807) is 12.1 Å². The molecule has 5 rings (SSSR count). The summed E-state index contributed by atoms with van der Waals surface area (Å²) < 4.78 is 20.5. The van der Waals surface area contributed by atoms with Gasteiger partial charge in [0.05, 0.1) is 24.6 Å². The van der Waals surface area contributed by atoms with Crippen LogP contribution in [0.2, 0.25) is 0 Å². The predicted octanol–water partition coefficient (Wildman–Crippen LogP) is 5.65. The molecule has 0 radical (unpaired) electrons. The van der Waals surface area contributed by atoms with Gasteiger partial charge in [-0.3, -0.25) is 0 Å². The van der Waals surface area contributed by atoms with Crippen molar-refractivity contribution in [3.8, 4) is 11.3 Å². The van der Waals surface area contributed by atoms with Gasteiger partial charge in [-0.1, -0.05) is 56.3 Å². The zero-order valence-electron chi connectivity index (χ0n) is 16.9. The maximum atomic E-state index is 14.3. The van der Waals surface area contributed by atoms with Crippen LogP contribution in [-0.2, 0) is 16.8 Å². The summed E-state index contributed by atoms with van der Waals surface area (Å²) in [6.45, 7) is 5.87. The van der Waals surface area contributed by atoms with Crippen molar-refractivity contribution in [2.75, 3.05) is 6.61 Å². The fourth-order valence-corrected chi connectivity index (χ4v) is 5.46. The van der Waals surface area contributed by atoms with Gasteiger partial charge in [0, 0.05) is 11.0 Å². The first kappa shape index (κ1) is 18.4. The second-order valence-corrected chi connectivity index (χ2v) is 8.89. The molecule has 2 atom stereocenters. The number of aromatic nitrogens is 2. The number of rotatable bonds is 5. The highest BCUT2D eigenvalue weighted by atomic mass is 19.1. The Bertz CT molecular complexity index is 1050. The summed E-state index contributed by atoms with van der Waals surface area (Å²) in [6, 6.07) is 19.1. The number of fused-ring (bicyclic) bond motifs is 5. The monoisotopic (exact) mass is 388 g/mol. The van der Waals surface area contributed by atoms with Crippen LogP contribution in [0.5, 0.6) is 0 Å². The Morgan fingerprint density at radius 2 is 1.79 bits per heavy atom. The van der Waals surface area contributed by atoms with Crippen molar-refractivity contribution in [1.82, 2.24) is 10.2 Å². The van der Waals surface area contributed by atoms with E-state index in [0.717, 1.165) is 18.5 Å². The lowest BCUT2D eigenvalue weighted by Crippen LogP contribution is -2.40. The Morgan fingerprint density at radius 3 is 2.59 bits per heavy atom. The molecule has 2 aromatic carbocycles. The smallest absolute Gasteiger partial charge is 0.132 e. The van der Waals surface area contributed by atoms with Crippen LogP contribution in [0.1, 0.15) is 49.4 Å². The molecule has 2 aliphatic carbocycles. The van der Waals surface area contributed by atoms with Crippen molar-refractivity contribution >= 4 is 0 Å². The van der Waals surface area contributed by atoms with Crippen LogP contribution in [0, 0.1) is 11.2 Å². The highest BCUT2D eigenvalue weighted by Crippen LogP contribution is 2.67. The number of hydrogen-bond donors (Lipinski definition) is 0. The second kappa shape index (κ2) is 6.74. The van der Waals surface area contributed by atoms with Gasteiger partial charge in [-0.05, 0) is 53.5 Å². The Balaban J connectivity index is 1.48. The number of benzene rings is 2. The molecule has 2 aliphatic rings. The molecule has 1 heterocycles. The fourth-order valence-electron chi connectivity index (χ4n) is 5.46. The fraction of sp³-hybridized carbons (Fsp3) is 0.360. The van der Waals surface area contributed by atoms with Crippen LogP contribution in [0.4, 0.5) is 4.39 Å². The van der Waals surface area contributed by atoms with Crippen LogP contribution in [0.25, 0.3) is 11.3 Å². The van der Waals surface area contributed by atoms with Crippen molar-refractivity contribution in [2.45, 2.75) is 44.6 Å². The minimum Gasteiger partial charge on any atom is -0.376 e. The molecule has 1 saturated carbocycles. The van der Waals surface area contributed by atoms with E-state index < -0.39 is 0 Å². The van der Waals surface area contributed by atoms with Crippen molar-refractivity contribution in [1.29, 1.82) is 0 Å². The van der Waals surface area contributed by atoms with E-state index in [2.05, 4.69) is 42.2 Å². The first-order chi connectivity index (χ1) is 14.0. The molecule has 3 nitrogen and oxygen atoms in total. The van der Waals surface area contributed by atoms with E-state index in [0.29, 0.717) is 30.4 Å². The lowest BCUT2D eigenvalue weighted by atomic mass is 9.69. The van der Waals surface area contributed by atoms with Crippen LogP contribution in [-0.4, -0.2) is 16.8 Å². The summed E-state index contributed by atoms with van der Waals surface area (Å²) in [5.41, 5.74) is 4.47. The molecule has 4 heteroatoms. The molecule has 0 aliphatic heterocycles. The quantitative estimate of drug-likeness (QED) is 0.566. The van der Waals surface area contributed by atoms with E-state index in [4.69, 9.17) is 4.74 Å². The van der Waals surface area contributed by atoms with E-state index in [9.17, 15) is 4.39 Å². The molecule has 148 valence electrons. The summed E-state index contributed by atoms with van der Waals surface area (Å²) in [5.74, 6) is 0.143. The summed E-state index contributed by atoms with van der Waals surface area (Å²) in [4.78, 5) is 0. The van der Waals surface area contributed by atoms with Crippen LogP contribution < -0.4 is 0 Å². The second-order valence-electron chi connectivity index (χ2n) is 8.89. The molecule has 1 fully saturated rings. The highest BCUT2D eigenvalue weighted by molar-refractivity contribution is 5.62. The zero-order chi connectivity index (χ0) is 20.1. The number of halogens is 1. The minimum atomic E-state index is -0.259. The lowest BCUT2D eigenvalue weighted by molar-refractivity contribution is 0.0309. The Hall–Kier alpha value is -2.59. The third kappa shape index (κ3) is 2.73. The molecule has 0 saturated heterocycles. The molecule has 1 aromatic heterocycles. The van der Waals surface area contributed by atoms with Gasteiger partial charge in [-0.2, -0.15) is 10.2 Å². The largest absolute Gasteiger partial charge is 0.376 e. The van der Waals surface area contributed by atoms with Gasteiger partial charge in [0.1, 0.15) is 5.82 Å². The van der Waals surface area contributed by atoms with Crippen molar-refractivity contribution in [3.63, 3.8) is 0 Å². The molecule has 3 aromatic rings. The van der Waals surface area contributed by atoms with Crippen LogP contribution in [0.3, 0.4) is 0 Å². The molecule has 2 bridgehead atoms. The van der Waals surface area contributed by atoms with Crippen molar-refractivity contribution in [3.05, 3.63) is 83.3 Å². The average Bonchev–Trinajstić information content (AvgIpc) is 3.09. The van der Waals surface area contributed by atoms with E-state index in [-0.39, 0.29) is 16.6 Å². The summed E-state index contributed by atoms with van der Waals surface area (Å²) in [7, 11) is 0. The summed E-state index contributed by atoms with van der Waals surface area (Å²) in [5, 5.41) is 9.09. The molecular formula is C25H25FN2O. The van der Waals surface area contributed by atoms with Gasteiger partial charge in [-0.15, -0.1) is 0 Å². The zero-order valence-corrected chi connectivity index (χ0v) is 16.9. The average molecular weight is 388 g/mol. The molecule has 0 N–H and O–H groups in total. The third-order valence-corrected chi connectivity index (χ3v) is 7.23. The van der Waals surface area contributed by atoms with Crippen molar-refractivity contribution in [2.24, 2.45) is 5.41 Å². The van der Waals surface area contributed by atoms with Crippen LogP contribution in [0.15, 0.2) is 60.7 Å². The van der Waals surface area contributed by atoms with E-state index in [1.165, 1.54) is 17.2 Å². The van der Waals surface area contributed by atoms with E-state index >= 15 is 0 Å². The van der Waals surface area contributed by atoms with Gasteiger partial charge in [0.15, 0.2) is 0 Å². The highest BCUT2D eigenvalue weighted by Gasteiger charge is 2.63. The number of ether oxygens (including phenoxy) is 1. The first-order valence-electron chi connectivity index (χ1n) is 10.3. The molecule has 0 spiro atoms. The Kier molecular flexibility index (Phi) is 4.28. The Labute approximate surface area is 171 Å². The third-order valence-electron chi connectivity index (χ3n) is 7.23. The molecule has 29 heavy (non-hydrogen) atoms. The predicted molar refractivity (Wildman–Crippen MR) is 111 cm³/mol. The SMILES string of the molecule is CC1(C)[C@@H]2CC[C@@]1(COCc1ccccc1)c1nnc(-c3ccccc3F)cc12. The number of nitrogens with zero attached hydrogens (tertiary/aromatic N) is 2. The van der Waals surface area contributed by atoms with Gasteiger partial charge in [0.2, 0.25) is 0 Å². The number of hydrogen-bond acceptors (Lipinski definition) is 3. The Morgan fingerprint density at radius 1 is 1.03 bits per heavy atom. The lowest BCUT2D eigenvalue weighted by Gasteiger charge is -2.37. The minimum absolute atomic E-state index is 0.0363. The standard InChI is InChI=1S/C25H25FN2O/c1-24(2)20-12-13-25(24,16-29-15-17-8-4-3-5-9-17)23-19(20)14-22(27-28-23)18-10-6-7-11-21(18)26/h3-11,14,20H,12-13,15-16H2,1-2H3/t20-,25-/m1/s1. The van der Waals surface area contributed by atoms with Crippen LogP contribution >= 0.6 is 0 Å². The topological polar surface area (TPSA) is 35.0 Å². The normalized spacial score (nSPS) is 23.9. The van der Waals surface area contributed by atoms with Gasteiger partial charge in [0.25, 0.3) is 0 Å². The molecule has 0 amide bonds. The maximum absolute atomic E-state index is 14.3. The van der Waals surface area contributed by atoms with Gasteiger partial charge < -0.3 is 4.74 Å². The van der Waals surface area contributed by atoms with E-state index in [1.807, 2.05) is 24.3 Å². The summed E-state index contributed by atoms with van der Waals surface area (Å²) >= 11 is 0.